The van der Waals surface area contributed by atoms with E-state index in [-0.39, 0.29) is 0 Å². The van der Waals surface area contributed by atoms with E-state index in [0.29, 0.717) is 30.0 Å². The van der Waals surface area contributed by atoms with Gasteiger partial charge in [0.15, 0.2) is 0 Å². The molecule has 3 unspecified atom stereocenters. The van der Waals surface area contributed by atoms with Crippen LogP contribution < -0.4 is 5.32 Å². The first-order valence-electron chi connectivity index (χ1n) is 8.02. The molecule has 0 aromatic heterocycles. The summed E-state index contributed by atoms with van der Waals surface area (Å²) in [6.45, 7) is 12.6. The van der Waals surface area contributed by atoms with Crippen LogP contribution in [0.2, 0.25) is 0 Å². The van der Waals surface area contributed by atoms with Crippen LogP contribution in [0.25, 0.3) is 0 Å². The number of hydrogen-bond donors (Lipinski definition) is 1. The van der Waals surface area contributed by atoms with Gasteiger partial charge in [0.05, 0.1) is 6.61 Å². The first kappa shape index (κ1) is 15.3. The lowest BCUT2D eigenvalue weighted by atomic mass is 9.92. The third kappa shape index (κ3) is 3.71. The average Bonchev–Trinajstić information content (AvgIpc) is 3.19. The molecular formula is C16H32N2O. The summed E-state index contributed by atoms with van der Waals surface area (Å²) in [5, 5.41) is 3.80. The Hall–Kier alpha value is -0.120. The molecule has 3 heteroatoms. The van der Waals surface area contributed by atoms with E-state index in [0.717, 1.165) is 19.1 Å². The fourth-order valence-corrected chi connectivity index (χ4v) is 3.47. The number of hydrogen-bond acceptors (Lipinski definition) is 3. The molecule has 1 aliphatic heterocycles. The summed E-state index contributed by atoms with van der Waals surface area (Å²) in [5.74, 6) is 2.29. The number of nitrogens with zero attached hydrogens (tertiary/aromatic N) is 1. The van der Waals surface area contributed by atoms with Crippen molar-refractivity contribution in [1.82, 2.24) is 10.2 Å². The van der Waals surface area contributed by atoms with Gasteiger partial charge in [0.25, 0.3) is 0 Å². The van der Waals surface area contributed by atoms with Crippen LogP contribution in [0, 0.1) is 17.8 Å². The third-order valence-corrected chi connectivity index (χ3v) is 4.92. The van der Waals surface area contributed by atoms with Crippen LogP contribution in [0.15, 0.2) is 0 Å². The topological polar surface area (TPSA) is 24.5 Å². The largest absolute Gasteiger partial charge is 0.383 e. The van der Waals surface area contributed by atoms with E-state index in [2.05, 4.69) is 37.9 Å². The smallest absolute Gasteiger partial charge is 0.0620 e. The van der Waals surface area contributed by atoms with Crippen molar-refractivity contribution in [3.8, 4) is 0 Å². The second kappa shape index (κ2) is 6.55. The lowest BCUT2D eigenvalue weighted by Crippen LogP contribution is -2.63. The van der Waals surface area contributed by atoms with Crippen molar-refractivity contribution < 1.29 is 4.74 Å². The molecule has 1 saturated heterocycles. The van der Waals surface area contributed by atoms with E-state index in [1.54, 1.807) is 0 Å². The molecule has 0 aromatic rings. The molecule has 1 aliphatic carbocycles. The summed E-state index contributed by atoms with van der Waals surface area (Å²) in [7, 11) is 1.83. The van der Waals surface area contributed by atoms with Crippen LogP contribution in [0.1, 0.15) is 40.5 Å². The number of piperazine rings is 1. The minimum Gasteiger partial charge on any atom is -0.383 e. The highest BCUT2D eigenvalue weighted by molar-refractivity contribution is 4.97. The standard InChI is InChI=1S/C16H32N2O/c1-11(2)15-8-17-14(13-6-7-13)9-18(15)16(10-19-5)12(3)4/h11-17H,6-10H2,1-5H3. The maximum absolute atomic E-state index is 5.50. The Balaban J connectivity index is 2.08. The van der Waals surface area contributed by atoms with Gasteiger partial charge < -0.3 is 10.1 Å². The molecule has 1 saturated carbocycles. The Morgan fingerprint density at radius 1 is 1.21 bits per heavy atom. The van der Waals surface area contributed by atoms with Gasteiger partial charge in [0.1, 0.15) is 0 Å². The van der Waals surface area contributed by atoms with Crippen molar-refractivity contribution in [2.45, 2.75) is 58.7 Å². The Morgan fingerprint density at radius 2 is 1.89 bits per heavy atom. The van der Waals surface area contributed by atoms with Crippen molar-refractivity contribution in [2.75, 3.05) is 26.8 Å². The fourth-order valence-electron chi connectivity index (χ4n) is 3.47. The van der Waals surface area contributed by atoms with E-state index < -0.39 is 0 Å². The van der Waals surface area contributed by atoms with Crippen molar-refractivity contribution in [2.24, 2.45) is 17.8 Å². The molecule has 3 nitrogen and oxygen atoms in total. The van der Waals surface area contributed by atoms with E-state index in [1.165, 1.54) is 19.4 Å². The van der Waals surface area contributed by atoms with Crippen LogP contribution in [0.4, 0.5) is 0 Å². The number of nitrogens with one attached hydrogen (secondary N) is 1. The van der Waals surface area contributed by atoms with Gasteiger partial charge >= 0.3 is 0 Å². The first-order valence-corrected chi connectivity index (χ1v) is 8.02. The Morgan fingerprint density at radius 3 is 2.37 bits per heavy atom. The van der Waals surface area contributed by atoms with Gasteiger partial charge in [-0.25, -0.2) is 0 Å². The molecular weight excluding hydrogens is 236 g/mol. The third-order valence-electron chi connectivity index (χ3n) is 4.92. The van der Waals surface area contributed by atoms with Gasteiger partial charge in [-0.2, -0.15) is 0 Å². The van der Waals surface area contributed by atoms with E-state index in [4.69, 9.17) is 4.74 Å². The molecule has 0 amide bonds. The number of methoxy groups -OCH3 is 1. The molecule has 0 radical (unpaired) electrons. The molecule has 0 aromatic carbocycles. The molecule has 0 spiro atoms. The summed E-state index contributed by atoms with van der Waals surface area (Å²) in [6.07, 6.45) is 2.85. The maximum Gasteiger partial charge on any atom is 0.0620 e. The van der Waals surface area contributed by atoms with Gasteiger partial charge in [0, 0.05) is 38.3 Å². The highest BCUT2D eigenvalue weighted by Gasteiger charge is 2.40. The van der Waals surface area contributed by atoms with E-state index in [1.807, 2.05) is 7.11 Å². The van der Waals surface area contributed by atoms with Crippen LogP contribution in [-0.2, 0) is 4.74 Å². The molecule has 1 N–H and O–H groups in total. The summed E-state index contributed by atoms with van der Waals surface area (Å²) in [4.78, 5) is 2.75. The fraction of sp³-hybridized carbons (Fsp3) is 1.00. The zero-order valence-electron chi connectivity index (χ0n) is 13.4. The van der Waals surface area contributed by atoms with Gasteiger partial charge in [0.2, 0.25) is 0 Å². The minimum atomic E-state index is 0.556. The zero-order chi connectivity index (χ0) is 14.0. The molecule has 19 heavy (non-hydrogen) atoms. The monoisotopic (exact) mass is 268 g/mol. The van der Waals surface area contributed by atoms with Gasteiger partial charge in [-0.1, -0.05) is 27.7 Å². The molecule has 3 atom stereocenters. The number of rotatable bonds is 6. The SMILES string of the molecule is COCC(C(C)C)N1CC(C2CC2)NCC1C(C)C. The predicted octanol–water partition coefficient (Wildman–Crippen LogP) is 2.37. The Bertz CT molecular complexity index is 276. The highest BCUT2D eigenvalue weighted by Crippen LogP contribution is 2.35. The van der Waals surface area contributed by atoms with E-state index >= 15 is 0 Å². The van der Waals surface area contributed by atoms with Gasteiger partial charge in [-0.15, -0.1) is 0 Å². The first-order chi connectivity index (χ1) is 9.04. The molecule has 0 bridgehead atoms. The summed E-state index contributed by atoms with van der Waals surface area (Å²) >= 11 is 0. The van der Waals surface area contributed by atoms with Crippen LogP contribution >= 0.6 is 0 Å². The molecule has 1 heterocycles. The van der Waals surface area contributed by atoms with Crippen molar-refractivity contribution in [3.63, 3.8) is 0 Å². The van der Waals surface area contributed by atoms with Gasteiger partial charge in [-0.3, -0.25) is 4.90 Å². The summed E-state index contributed by atoms with van der Waals surface area (Å²) in [5.41, 5.74) is 0. The second-order valence-corrected chi connectivity index (χ2v) is 7.13. The van der Waals surface area contributed by atoms with Gasteiger partial charge in [-0.05, 0) is 30.6 Å². The van der Waals surface area contributed by atoms with Crippen molar-refractivity contribution in [1.29, 1.82) is 0 Å². The normalized spacial score (nSPS) is 31.1. The Kier molecular flexibility index (Phi) is 5.27. The maximum atomic E-state index is 5.50. The van der Waals surface area contributed by atoms with Crippen LogP contribution in [0.3, 0.4) is 0 Å². The lowest BCUT2D eigenvalue weighted by Gasteiger charge is -2.47. The quantitative estimate of drug-likeness (QED) is 0.800. The zero-order valence-corrected chi connectivity index (χ0v) is 13.4. The highest BCUT2D eigenvalue weighted by atomic mass is 16.5. The van der Waals surface area contributed by atoms with Crippen molar-refractivity contribution >= 4 is 0 Å². The number of ether oxygens (including phenoxy) is 1. The molecule has 2 rings (SSSR count). The van der Waals surface area contributed by atoms with Crippen LogP contribution in [-0.4, -0.2) is 49.8 Å². The average molecular weight is 268 g/mol. The molecule has 2 fully saturated rings. The van der Waals surface area contributed by atoms with Crippen LogP contribution in [0.5, 0.6) is 0 Å². The van der Waals surface area contributed by atoms with E-state index in [9.17, 15) is 0 Å². The van der Waals surface area contributed by atoms with Crippen molar-refractivity contribution in [3.05, 3.63) is 0 Å². The minimum absolute atomic E-state index is 0.556. The predicted molar refractivity (Wildman–Crippen MR) is 80.3 cm³/mol. The molecule has 112 valence electrons. The second-order valence-electron chi connectivity index (χ2n) is 7.13. The summed E-state index contributed by atoms with van der Waals surface area (Å²) in [6, 6.07) is 1.92. The Labute approximate surface area is 119 Å². The lowest BCUT2D eigenvalue weighted by molar-refractivity contribution is -0.00505. The summed E-state index contributed by atoms with van der Waals surface area (Å²) < 4.78 is 5.50. The molecule has 2 aliphatic rings.